The Hall–Kier alpha value is -0.940. The average molecular weight is 342 g/mol. The van der Waals surface area contributed by atoms with Gasteiger partial charge in [0.05, 0.1) is 5.92 Å². The molecular formula is C15H17BrFNO2. The predicted molar refractivity (Wildman–Crippen MR) is 76.7 cm³/mol. The van der Waals surface area contributed by atoms with Crippen molar-refractivity contribution in [3.8, 4) is 0 Å². The van der Waals surface area contributed by atoms with Crippen molar-refractivity contribution in [1.29, 1.82) is 0 Å². The highest BCUT2D eigenvalue weighted by molar-refractivity contribution is 9.10. The van der Waals surface area contributed by atoms with Crippen LogP contribution in [0.3, 0.4) is 0 Å². The number of nitrogens with one attached hydrogen (secondary N) is 1. The number of rotatable bonds is 4. The zero-order valence-corrected chi connectivity index (χ0v) is 12.6. The van der Waals surface area contributed by atoms with Crippen LogP contribution in [0.15, 0.2) is 22.7 Å². The summed E-state index contributed by atoms with van der Waals surface area (Å²) in [5, 5.41) is 12.7. The summed E-state index contributed by atoms with van der Waals surface area (Å²) in [5.41, 5.74) is 0.583. The average Bonchev–Trinajstić information content (AvgIpc) is 2.97. The number of carboxylic acids is 1. The minimum atomic E-state index is -0.717. The second-order valence-corrected chi connectivity index (χ2v) is 6.76. The van der Waals surface area contributed by atoms with Crippen LogP contribution in [0.25, 0.3) is 0 Å². The van der Waals surface area contributed by atoms with Crippen molar-refractivity contribution in [3.63, 3.8) is 0 Å². The van der Waals surface area contributed by atoms with Crippen LogP contribution in [0.5, 0.6) is 0 Å². The molecule has 2 bridgehead atoms. The van der Waals surface area contributed by atoms with E-state index >= 15 is 0 Å². The summed E-state index contributed by atoms with van der Waals surface area (Å²) in [4.78, 5) is 11.4. The molecular weight excluding hydrogens is 325 g/mol. The number of benzene rings is 1. The molecule has 2 N–H and O–H groups in total. The van der Waals surface area contributed by atoms with Gasteiger partial charge in [0.2, 0.25) is 0 Å². The molecule has 4 unspecified atom stereocenters. The van der Waals surface area contributed by atoms with Crippen LogP contribution in [0, 0.1) is 23.6 Å². The molecule has 4 atom stereocenters. The maximum absolute atomic E-state index is 13.8. The third kappa shape index (κ3) is 2.49. The summed E-state index contributed by atoms with van der Waals surface area (Å²) in [6, 6.07) is 4.95. The predicted octanol–water partition coefficient (Wildman–Crippen LogP) is 3.18. The van der Waals surface area contributed by atoms with Gasteiger partial charge in [-0.15, -0.1) is 0 Å². The van der Waals surface area contributed by atoms with E-state index in [0.717, 1.165) is 19.3 Å². The summed E-state index contributed by atoms with van der Waals surface area (Å²) < 4.78 is 14.5. The molecule has 0 aliphatic heterocycles. The lowest BCUT2D eigenvalue weighted by molar-refractivity contribution is -0.144. The number of fused-ring (bicyclic) bond motifs is 2. The van der Waals surface area contributed by atoms with Gasteiger partial charge in [0.15, 0.2) is 0 Å². The molecule has 2 aliphatic carbocycles. The Morgan fingerprint density at radius 1 is 1.40 bits per heavy atom. The van der Waals surface area contributed by atoms with Crippen LogP contribution in [-0.4, -0.2) is 17.1 Å². The maximum Gasteiger partial charge on any atom is 0.308 e. The number of hydrogen-bond donors (Lipinski definition) is 2. The molecule has 2 aliphatic rings. The monoisotopic (exact) mass is 341 g/mol. The van der Waals surface area contributed by atoms with Crippen LogP contribution >= 0.6 is 15.9 Å². The first-order valence-corrected chi connectivity index (χ1v) is 7.75. The molecule has 1 aromatic carbocycles. The number of carbonyl (C=O) groups is 1. The van der Waals surface area contributed by atoms with Gasteiger partial charge in [-0.3, -0.25) is 4.79 Å². The topological polar surface area (TPSA) is 49.3 Å². The van der Waals surface area contributed by atoms with Gasteiger partial charge in [-0.2, -0.15) is 0 Å². The summed E-state index contributed by atoms with van der Waals surface area (Å²) in [6.45, 7) is 0.386. The summed E-state index contributed by atoms with van der Waals surface area (Å²) in [7, 11) is 0. The van der Waals surface area contributed by atoms with Crippen molar-refractivity contribution >= 4 is 21.9 Å². The largest absolute Gasteiger partial charge is 0.481 e. The third-order valence-electron chi connectivity index (χ3n) is 4.74. The van der Waals surface area contributed by atoms with Crippen LogP contribution in [-0.2, 0) is 11.3 Å². The van der Waals surface area contributed by atoms with Crippen molar-refractivity contribution in [2.75, 3.05) is 0 Å². The Morgan fingerprint density at radius 2 is 2.15 bits per heavy atom. The lowest BCUT2D eigenvalue weighted by atomic mass is 9.84. The van der Waals surface area contributed by atoms with Crippen LogP contribution in [0.1, 0.15) is 24.8 Å². The maximum atomic E-state index is 13.8. The molecule has 0 spiro atoms. The summed E-state index contributed by atoms with van der Waals surface area (Å²) in [6.07, 6.45) is 3.11. The SMILES string of the molecule is O=C(O)C1C2CCC(C2)C1NCc1ccc(Br)cc1F. The zero-order valence-electron chi connectivity index (χ0n) is 11.0. The van der Waals surface area contributed by atoms with E-state index in [0.29, 0.717) is 28.4 Å². The molecule has 2 fully saturated rings. The van der Waals surface area contributed by atoms with E-state index in [9.17, 15) is 14.3 Å². The zero-order chi connectivity index (χ0) is 14.3. The molecule has 108 valence electrons. The highest BCUT2D eigenvalue weighted by atomic mass is 79.9. The third-order valence-corrected chi connectivity index (χ3v) is 5.24. The fraction of sp³-hybridized carbons (Fsp3) is 0.533. The van der Waals surface area contributed by atoms with E-state index < -0.39 is 5.97 Å². The van der Waals surface area contributed by atoms with Gasteiger partial charge < -0.3 is 10.4 Å². The van der Waals surface area contributed by atoms with Crippen molar-refractivity contribution in [2.24, 2.45) is 17.8 Å². The first-order valence-electron chi connectivity index (χ1n) is 6.96. The molecule has 5 heteroatoms. The number of halogens is 2. The molecule has 3 nitrogen and oxygen atoms in total. The number of hydrogen-bond acceptors (Lipinski definition) is 2. The van der Waals surface area contributed by atoms with Crippen molar-refractivity contribution in [1.82, 2.24) is 5.32 Å². The van der Waals surface area contributed by atoms with E-state index in [1.165, 1.54) is 6.07 Å². The summed E-state index contributed by atoms with van der Waals surface area (Å²) >= 11 is 3.23. The van der Waals surface area contributed by atoms with Gasteiger partial charge in [-0.05, 0) is 43.2 Å². The minimum absolute atomic E-state index is 0.0192. The van der Waals surface area contributed by atoms with Crippen molar-refractivity contribution in [2.45, 2.75) is 31.8 Å². The standard InChI is InChI=1S/C15H17BrFNO2/c16-11-4-3-10(12(17)6-11)7-18-14-9-2-1-8(5-9)13(14)15(19)20/h3-4,6,8-9,13-14,18H,1-2,5,7H2,(H,19,20). The molecule has 0 heterocycles. The fourth-order valence-electron chi connectivity index (χ4n) is 3.83. The van der Waals surface area contributed by atoms with Gasteiger partial charge in [0.25, 0.3) is 0 Å². The molecule has 0 saturated heterocycles. The van der Waals surface area contributed by atoms with E-state index in [-0.39, 0.29) is 17.8 Å². The van der Waals surface area contributed by atoms with Crippen LogP contribution < -0.4 is 5.32 Å². The minimum Gasteiger partial charge on any atom is -0.481 e. The van der Waals surface area contributed by atoms with E-state index in [4.69, 9.17) is 0 Å². The Kier molecular flexibility index (Phi) is 3.82. The van der Waals surface area contributed by atoms with Crippen molar-refractivity contribution in [3.05, 3.63) is 34.1 Å². The van der Waals surface area contributed by atoms with Gasteiger partial charge in [-0.1, -0.05) is 22.0 Å². The normalized spacial score (nSPS) is 31.7. The Labute approximate surface area is 125 Å². The molecule has 20 heavy (non-hydrogen) atoms. The number of aliphatic carboxylic acids is 1. The van der Waals surface area contributed by atoms with E-state index in [1.54, 1.807) is 12.1 Å². The molecule has 0 aromatic heterocycles. The number of carboxylic acid groups (broad SMARTS) is 1. The van der Waals surface area contributed by atoms with Crippen molar-refractivity contribution < 1.29 is 14.3 Å². The molecule has 2 saturated carbocycles. The van der Waals surface area contributed by atoms with Gasteiger partial charge in [0.1, 0.15) is 5.82 Å². The molecule has 3 rings (SSSR count). The highest BCUT2D eigenvalue weighted by Crippen LogP contribution is 2.48. The van der Waals surface area contributed by atoms with Gasteiger partial charge in [-0.25, -0.2) is 4.39 Å². The Morgan fingerprint density at radius 3 is 2.85 bits per heavy atom. The van der Waals surface area contributed by atoms with Crippen LogP contribution in [0.4, 0.5) is 4.39 Å². The fourth-order valence-corrected chi connectivity index (χ4v) is 4.17. The quantitative estimate of drug-likeness (QED) is 0.884. The first-order chi connectivity index (χ1) is 9.56. The molecule has 0 radical (unpaired) electrons. The molecule has 0 amide bonds. The van der Waals surface area contributed by atoms with Gasteiger partial charge in [0, 0.05) is 22.6 Å². The summed E-state index contributed by atoms with van der Waals surface area (Å²) in [5.74, 6) is -0.565. The Bertz CT molecular complexity index is 537. The van der Waals surface area contributed by atoms with E-state index in [1.807, 2.05) is 0 Å². The second-order valence-electron chi connectivity index (χ2n) is 5.84. The highest BCUT2D eigenvalue weighted by Gasteiger charge is 2.50. The Balaban J connectivity index is 1.70. The van der Waals surface area contributed by atoms with E-state index in [2.05, 4.69) is 21.2 Å². The lowest BCUT2D eigenvalue weighted by Gasteiger charge is -2.29. The molecule has 1 aromatic rings. The van der Waals surface area contributed by atoms with Crippen LogP contribution in [0.2, 0.25) is 0 Å². The van der Waals surface area contributed by atoms with Gasteiger partial charge >= 0.3 is 5.97 Å². The lowest BCUT2D eigenvalue weighted by Crippen LogP contribution is -2.43. The first kappa shape index (κ1) is 14.0. The smallest absolute Gasteiger partial charge is 0.308 e. The second kappa shape index (κ2) is 5.45.